The molecule has 0 saturated carbocycles. The molecule has 0 spiro atoms. The van der Waals surface area contributed by atoms with Crippen molar-refractivity contribution >= 4 is 23.4 Å². The summed E-state index contributed by atoms with van der Waals surface area (Å²) in [6.45, 7) is 0.833. The fourth-order valence-corrected chi connectivity index (χ4v) is 2.75. The van der Waals surface area contributed by atoms with E-state index in [0.717, 1.165) is 0 Å². The summed E-state index contributed by atoms with van der Waals surface area (Å²) >= 11 is 1.26. The summed E-state index contributed by atoms with van der Waals surface area (Å²) in [7, 11) is 0. The monoisotopic (exact) mass is 312 g/mol. The maximum atomic E-state index is 12.5. The van der Waals surface area contributed by atoms with E-state index in [9.17, 15) is 20.0 Å². The van der Waals surface area contributed by atoms with Gasteiger partial charge in [-0.1, -0.05) is 0 Å². The van der Waals surface area contributed by atoms with E-state index in [1.54, 1.807) is 18.4 Å². The van der Waals surface area contributed by atoms with Gasteiger partial charge in [0.25, 0.3) is 11.6 Å². The Morgan fingerprint density at radius 2 is 2.38 bits per heavy atom. The number of ether oxygens (including phenoxy) is 1. The van der Waals surface area contributed by atoms with Crippen LogP contribution in [0.1, 0.15) is 10.4 Å². The summed E-state index contributed by atoms with van der Waals surface area (Å²) in [5.74, 6) is -0.326. The first-order chi connectivity index (χ1) is 10.1. The van der Waals surface area contributed by atoms with Crippen LogP contribution in [0, 0.1) is 10.1 Å². The van der Waals surface area contributed by atoms with E-state index < -0.39 is 11.0 Å². The Labute approximate surface area is 126 Å². The Bertz CT molecular complexity index is 551. The minimum atomic E-state index is -0.495. The summed E-state index contributed by atoms with van der Waals surface area (Å²) in [5.41, 5.74) is 0.169. The van der Waals surface area contributed by atoms with Crippen molar-refractivity contribution in [1.82, 2.24) is 4.90 Å². The minimum absolute atomic E-state index is 0.0813. The minimum Gasteiger partial charge on any atom is -0.394 e. The predicted octanol–water partition coefficient (Wildman–Crippen LogP) is 1.15. The summed E-state index contributed by atoms with van der Waals surface area (Å²) < 4.78 is 5.22. The van der Waals surface area contributed by atoms with E-state index in [-0.39, 0.29) is 30.4 Å². The zero-order valence-electron chi connectivity index (χ0n) is 11.5. The van der Waals surface area contributed by atoms with E-state index in [2.05, 4.69) is 0 Å². The van der Waals surface area contributed by atoms with Crippen LogP contribution >= 0.6 is 11.8 Å². The molecule has 1 aromatic rings. The molecule has 1 unspecified atom stereocenters. The van der Waals surface area contributed by atoms with Crippen molar-refractivity contribution in [1.29, 1.82) is 0 Å². The number of aliphatic hydroxyl groups is 1. The second-order valence-electron chi connectivity index (χ2n) is 4.55. The van der Waals surface area contributed by atoms with Crippen LogP contribution in [0.3, 0.4) is 0 Å². The molecule has 7 nitrogen and oxygen atoms in total. The molecule has 0 radical (unpaired) electrons. The standard InChI is InChI=1S/C13H16N2O5S/c1-21-12-3-2-9(6-11(12)15(18)19)13(17)14-4-5-20-8-10(14)7-16/h2-3,6,10,16H,4-5,7-8H2,1H3. The first-order valence-corrected chi connectivity index (χ1v) is 7.63. The molecule has 1 saturated heterocycles. The second kappa shape index (κ2) is 6.88. The number of morpholine rings is 1. The van der Waals surface area contributed by atoms with Crippen molar-refractivity contribution < 1.29 is 19.6 Å². The Hall–Kier alpha value is -1.64. The molecule has 0 aliphatic carbocycles. The van der Waals surface area contributed by atoms with Gasteiger partial charge in [-0.15, -0.1) is 11.8 Å². The molecule has 1 amide bonds. The summed E-state index contributed by atoms with van der Waals surface area (Å²) in [6, 6.07) is 4.03. The van der Waals surface area contributed by atoms with Gasteiger partial charge >= 0.3 is 0 Å². The SMILES string of the molecule is CSc1ccc(C(=O)N2CCOCC2CO)cc1[N+](=O)[O-]. The molecule has 21 heavy (non-hydrogen) atoms. The van der Waals surface area contributed by atoms with Crippen LogP contribution in [0.4, 0.5) is 5.69 Å². The van der Waals surface area contributed by atoms with Crippen LogP contribution in [-0.2, 0) is 4.74 Å². The molecule has 1 heterocycles. The Morgan fingerprint density at radius 3 is 3.00 bits per heavy atom. The van der Waals surface area contributed by atoms with Crippen molar-refractivity contribution in [2.75, 3.05) is 32.6 Å². The first kappa shape index (κ1) is 15.7. The van der Waals surface area contributed by atoms with Crippen molar-refractivity contribution in [3.05, 3.63) is 33.9 Å². The Balaban J connectivity index is 2.30. The van der Waals surface area contributed by atoms with E-state index in [1.165, 1.54) is 22.7 Å². The number of amides is 1. The third-order valence-electron chi connectivity index (χ3n) is 3.32. The lowest BCUT2D eigenvalue weighted by molar-refractivity contribution is -0.387. The van der Waals surface area contributed by atoms with Gasteiger partial charge < -0.3 is 14.7 Å². The van der Waals surface area contributed by atoms with Crippen molar-refractivity contribution in [3.8, 4) is 0 Å². The van der Waals surface area contributed by atoms with E-state index in [4.69, 9.17) is 4.74 Å². The molecule has 8 heteroatoms. The number of thioether (sulfide) groups is 1. The summed E-state index contributed by atoms with van der Waals surface area (Å²) in [6.07, 6.45) is 1.74. The number of nitrogens with zero attached hydrogens (tertiary/aromatic N) is 2. The smallest absolute Gasteiger partial charge is 0.283 e. The Kier molecular flexibility index (Phi) is 5.16. The molecular weight excluding hydrogens is 296 g/mol. The highest BCUT2D eigenvalue weighted by atomic mass is 32.2. The molecule has 1 atom stereocenters. The third kappa shape index (κ3) is 3.34. The summed E-state index contributed by atoms with van der Waals surface area (Å²) in [5, 5.41) is 20.4. The molecule has 1 fully saturated rings. The molecule has 2 rings (SSSR count). The van der Waals surface area contributed by atoms with E-state index in [0.29, 0.717) is 18.0 Å². The van der Waals surface area contributed by atoms with Crippen LogP contribution in [-0.4, -0.2) is 59.5 Å². The van der Waals surface area contributed by atoms with Crippen LogP contribution in [0.15, 0.2) is 23.1 Å². The lowest BCUT2D eigenvalue weighted by Gasteiger charge is -2.34. The van der Waals surface area contributed by atoms with Gasteiger partial charge in [-0.2, -0.15) is 0 Å². The van der Waals surface area contributed by atoms with Crippen molar-refractivity contribution in [2.24, 2.45) is 0 Å². The number of nitro groups is 1. The van der Waals surface area contributed by atoms with E-state index >= 15 is 0 Å². The van der Waals surface area contributed by atoms with Gasteiger partial charge in [-0.3, -0.25) is 14.9 Å². The normalized spacial score (nSPS) is 18.6. The first-order valence-electron chi connectivity index (χ1n) is 6.40. The van der Waals surface area contributed by atoms with Crippen molar-refractivity contribution in [3.63, 3.8) is 0 Å². The molecule has 0 bridgehead atoms. The molecule has 1 N–H and O–H groups in total. The zero-order chi connectivity index (χ0) is 15.4. The third-order valence-corrected chi connectivity index (χ3v) is 4.11. The van der Waals surface area contributed by atoms with Crippen LogP contribution in [0.25, 0.3) is 0 Å². The number of carbonyl (C=O) groups excluding carboxylic acids is 1. The highest BCUT2D eigenvalue weighted by Crippen LogP contribution is 2.29. The number of hydrogen-bond acceptors (Lipinski definition) is 6. The molecule has 1 aliphatic heterocycles. The number of aliphatic hydroxyl groups excluding tert-OH is 1. The highest BCUT2D eigenvalue weighted by Gasteiger charge is 2.28. The fourth-order valence-electron chi connectivity index (χ4n) is 2.20. The maximum Gasteiger partial charge on any atom is 0.283 e. The maximum absolute atomic E-state index is 12.5. The van der Waals surface area contributed by atoms with E-state index in [1.807, 2.05) is 0 Å². The quantitative estimate of drug-likeness (QED) is 0.509. The molecule has 1 aliphatic rings. The van der Waals surface area contributed by atoms with Gasteiger partial charge in [0.1, 0.15) is 0 Å². The number of benzene rings is 1. The number of rotatable bonds is 4. The molecule has 1 aromatic carbocycles. The number of hydrogen-bond donors (Lipinski definition) is 1. The lowest BCUT2D eigenvalue weighted by atomic mass is 10.1. The zero-order valence-corrected chi connectivity index (χ0v) is 12.3. The van der Waals surface area contributed by atoms with Gasteiger partial charge in [0.05, 0.1) is 35.7 Å². The van der Waals surface area contributed by atoms with Crippen LogP contribution < -0.4 is 0 Å². The number of nitro benzene ring substituents is 1. The average Bonchev–Trinajstić information content (AvgIpc) is 2.53. The largest absolute Gasteiger partial charge is 0.394 e. The second-order valence-corrected chi connectivity index (χ2v) is 5.40. The molecule has 0 aromatic heterocycles. The summed E-state index contributed by atoms with van der Waals surface area (Å²) in [4.78, 5) is 25.1. The Morgan fingerprint density at radius 1 is 1.62 bits per heavy atom. The van der Waals surface area contributed by atoms with Gasteiger partial charge in [0, 0.05) is 18.2 Å². The number of carbonyl (C=O) groups is 1. The van der Waals surface area contributed by atoms with Gasteiger partial charge in [-0.05, 0) is 18.4 Å². The van der Waals surface area contributed by atoms with Crippen molar-refractivity contribution in [2.45, 2.75) is 10.9 Å². The van der Waals surface area contributed by atoms with Crippen LogP contribution in [0.2, 0.25) is 0 Å². The highest BCUT2D eigenvalue weighted by molar-refractivity contribution is 7.98. The van der Waals surface area contributed by atoms with Gasteiger partial charge in [0.2, 0.25) is 0 Å². The van der Waals surface area contributed by atoms with Crippen LogP contribution in [0.5, 0.6) is 0 Å². The predicted molar refractivity (Wildman–Crippen MR) is 77.6 cm³/mol. The lowest BCUT2D eigenvalue weighted by Crippen LogP contribution is -2.50. The molecular formula is C13H16N2O5S. The van der Waals surface area contributed by atoms with Gasteiger partial charge in [-0.25, -0.2) is 0 Å². The fraction of sp³-hybridized carbons (Fsp3) is 0.462. The average molecular weight is 312 g/mol. The topological polar surface area (TPSA) is 92.9 Å². The molecule has 114 valence electrons. The van der Waals surface area contributed by atoms with Gasteiger partial charge in [0.15, 0.2) is 0 Å².